The molecule has 0 aromatic rings. The van der Waals surface area contributed by atoms with Gasteiger partial charge in [0.25, 0.3) is 0 Å². The molecule has 0 unspecified atom stereocenters. The van der Waals surface area contributed by atoms with Crippen LogP contribution in [0.5, 0.6) is 0 Å². The van der Waals surface area contributed by atoms with E-state index in [0.29, 0.717) is 0 Å². The van der Waals surface area contributed by atoms with E-state index in [0.717, 1.165) is 0 Å². The van der Waals surface area contributed by atoms with Crippen molar-refractivity contribution in [1.29, 1.82) is 0 Å². The van der Waals surface area contributed by atoms with Crippen molar-refractivity contribution >= 4 is 0 Å². The van der Waals surface area contributed by atoms with Gasteiger partial charge in [-0.15, -0.1) is 0 Å². The summed E-state index contributed by atoms with van der Waals surface area (Å²) >= 11 is 0. The van der Waals surface area contributed by atoms with E-state index in [9.17, 15) is 26.3 Å². The summed E-state index contributed by atoms with van der Waals surface area (Å²) in [7, 11) is 0. The van der Waals surface area contributed by atoms with Gasteiger partial charge in [-0.25, -0.2) is 8.78 Å². The van der Waals surface area contributed by atoms with Crippen LogP contribution in [0.15, 0.2) is 24.8 Å². The van der Waals surface area contributed by atoms with Crippen LogP contribution in [-0.4, -0.2) is 24.1 Å². The fourth-order valence-electron chi connectivity index (χ4n) is 1.07. The van der Waals surface area contributed by atoms with E-state index in [1.165, 1.54) is 0 Å². The molecule has 0 radical (unpaired) electrons. The van der Waals surface area contributed by atoms with Gasteiger partial charge in [0.1, 0.15) is 0 Å². The standard InChI is InChI=1S/C8H6F6O/c1-4(9)7(11,12)6(3-15-6)8(13,14)5(2)10/h1-3H2. The van der Waals surface area contributed by atoms with Gasteiger partial charge in [-0.1, -0.05) is 13.2 Å². The van der Waals surface area contributed by atoms with Crippen LogP contribution in [-0.2, 0) is 4.74 Å². The zero-order valence-corrected chi connectivity index (χ0v) is 7.30. The third-order valence-electron chi connectivity index (χ3n) is 2.13. The predicted octanol–water partition coefficient (Wildman–Crippen LogP) is 2.99. The molecule has 86 valence electrons. The average Bonchev–Trinajstić information content (AvgIpc) is 2.83. The van der Waals surface area contributed by atoms with Gasteiger partial charge in [-0.05, 0) is 0 Å². The Bertz CT molecular complexity index is 289. The highest BCUT2D eigenvalue weighted by molar-refractivity contribution is 5.27. The summed E-state index contributed by atoms with van der Waals surface area (Å²) in [4.78, 5) is 0. The summed E-state index contributed by atoms with van der Waals surface area (Å²) in [5, 5.41) is 0. The molecule has 0 amide bonds. The Kier molecular flexibility index (Phi) is 2.42. The maximum absolute atomic E-state index is 13.0. The molecule has 15 heavy (non-hydrogen) atoms. The molecule has 0 aliphatic carbocycles. The second-order valence-corrected chi connectivity index (χ2v) is 3.07. The second-order valence-electron chi connectivity index (χ2n) is 3.07. The van der Waals surface area contributed by atoms with Crippen molar-refractivity contribution in [3.05, 3.63) is 24.8 Å². The smallest absolute Gasteiger partial charge is 0.335 e. The highest BCUT2D eigenvalue weighted by Crippen LogP contribution is 2.57. The molecule has 0 atom stereocenters. The zero-order valence-electron chi connectivity index (χ0n) is 7.30. The van der Waals surface area contributed by atoms with Gasteiger partial charge < -0.3 is 4.74 Å². The van der Waals surface area contributed by atoms with Gasteiger partial charge >= 0.3 is 11.8 Å². The van der Waals surface area contributed by atoms with Crippen LogP contribution in [0, 0.1) is 0 Å². The van der Waals surface area contributed by atoms with E-state index in [2.05, 4.69) is 17.9 Å². The maximum atomic E-state index is 13.0. The predicted molar refractivity (Wildman–Crippen MR) is 39.1 cm³/mol. The van der Waals surface area contributed by atoms with Crippen molar-refractivity contribution in [2.75, 3.05) is 6.61 Å². The first-order chi connectivity index (χ1) is 6.59. The Morgan fingerprint density at radius 3 is 1.40 bits per heavy atom. The zero-order chi connectivity index (χ0) is 12.1. The third kappa shape index (κ3) is 1.37. The van der Waals surface area contributed by atoms with E-state index in [1.54, 1.807) is 0 Å². The Balaban J connectivity index is 3.14. The van der Waals surface area contributed by atoms with Crippen LogP contribution in [0.25, 0.3) is 0 Å². The molecule has 0 saturated carbocycles. The number of halogens is 6. The molecule has 0 N–H and O–H groups in total. The second kappa shape index (κ2) is 3.01. The fraction of sp³-hybridized carbons (Fsp3) is 0.500. The molecule has 1 rings (SSSR count). The van der Waals surface area contributed by atoms with Gasteiger partial charge in [0.2, 0.25) is 5.60 Å². The lowest BCUT2D eigenvalue weighted by atomic mass is 9.93. The number of rotatable bonds is 4. The van der Waals surface area contributed by atoms with Crippen LogP contribution in [0.3, 0.4) is 0 Å². The number of hydrogen-bond donors (Lipinski definition) is 0. The lowest BCUT2D eigenvalue weighted by Gasteiger charge is -2.28. The van der Waals surface area contributed by atoms with Crippen LogP contribution in [0.1, 0.15) is 0 Å². The summed E-state index contributed by atoms with van der Waals surface area (Å²) in [6.07, 6.45) is 0. The maximum Gasteiger partial charge on any atom is 0.335 e. The van der Waals surface area contributed by atoms with Gasteiger partial charge in [-0.2, -0.15) is 17.6 Å². The Morgan fingerprint density at radius 1 is 1.00 bits per heavy atom. The van der Waals surface area contributed by atoms with Crippen molar-refractivity contribution in [2.45, 2.75) is 17.4 Å². The lowest BCUT2D eigenvalue weighted by molar-refractivity contribution is -0.164. The molecule has 1 saturated heterocycles. The largest absolute Gasteiger partial charge is 0.357 e. The van der Waals surface area contributed by atoms with Crippen molar-refractivity contribution in [2.24, 2.45) is 0 Å². The van der Waals surface area contributed by atoms with Crippen molar-refractivity contribution in [3.8, 4) is 0 Å². The molecule has 1 fully saturated rings. The first-order valence-corrected chi connectivity index (χ1v) is 3.69. The number of hydrogen-bond acceptors (Lipinski definition) is 1. The van der Waals surface area contributed by atoms with E-state index in [-0.39, 0.29) is 0 Å². The minimum Gasteiger partial charge on any atom is -0.357 e. The van der Waals surface area contributed by atoms with E-state index < -0.39 is 35.7 Å². The number of ether oxygens (including phenoxy) is 1. The highest BCUT2D eigenvalue weighted by Gasteiger charge is 2.80. The minimum absolute atomic E-state index is 1.17. The summed E-state index contributed by atoms with van der Waals surface area (Å²) in [6, 6.07) is 0. The summed E-state index contributed by atoms with van der Waals surface area (Å²) < 4.78 is 80.3. The Morgan fingerprint density at radius 2 is 1.27 bits per heavy atom. The van der Waals surface area contributed by atoms with E-state index in [4.69, 9.17) is 0 Å². The molecule has 0 bridgehead atoms. The molecular weight excluding hydrogens is 226 g/mol. The van der Waals surface area contributed by atoms with Gasteiger partial charge in [0.15, 0.2) is 11.7 Å². The van der Waals surface area contributed by atoms with Gasteiger partial charge in [0.05, 0.1) is 6.61 Å². The third-order valence-corrected chi connectivity index (χ3v) is 2.13. The highest BCUT2D eigenvalue weighted by atomic mass is 19.3. The summed E-state index contributed by atoms with van der Waals surface area (Å²) in [6.45, 7) is 3.28. The van der Waals surface area contributed by atoms with Crippen molar-refractivity contribution in [3.63, 3.8) is 0 Å². The quantitative estimate of drug-likeness (QED) is 0.536. The summed E-state index contributed by atoms with van der Waals surface area (Å²) in [5.74, 6) is -13.9. The van der Waals surface area contributed by atoms with Crippen molar-refractivity contribution < 1.29 is 31.1 Å². The topological polar surface area (TPSA) is 12.5 Å². The molecular formula is C8H6F6O. The monoisotopic (exact) mass is 232 g/mol. The number of epoxide rings is 1. The lowest BCUT2D eigenvalue weighted by Crippen LogP contribution is -2.51. The molecule has 1 aliphatic heterocycles. The molecule has 1 nitrogen and oxygen atoms in total. The number of alkyl halides is 4. The van der Waals surface area contributed by atoms with Crippen molar-refractivity contribution in [1.82, 2.24) is 0 Å². The first-order valence-electron chi connectivity index (χ1n) is 3.69. The Labute approximate surface area is 81.0 Å². The van der Waals surface area contributed by atoms with E-state index >= 15 is 0 Å². The normalized spacial score (nSPS) is 19.9. The van der Waals surface area contributed by atoms with Gasteiger partial charge in [-0.3, -0.25) is 0 Å². The average molecular weight is 232 g/mol. The molecule has 0 spiro atoms. The molecule has 1 heterocycles. The van der Waals surface area contributed by atoms with Crippen LogP contribution in [0.4, 0.5) is 26.3 Å². The molecule has 0 aromatic carbocycles. The van der Waals surface area contributed by atoms with Crippen LogP contribution < -0.4 is 0 Å². The summed E-state index contributed by atoms with van der Waals surface area (Å²) in [5.41, 5.74) is -3.53. The molecule has 7 heteroatoms. The molecule has 1 aliphatic rings. The fourth-order valence-corrected chi connectivity index (χ4v) is 1.07. The SMILES string of the molecule is C=C(F)C(F)(F)C1(C(F)(F)C(=C)F)CO1. The van der Waals surface area contributed by atoms with Gasteiger partial charge in [0, 0.05) is 0 Å². The Hall–Kier alpha value is -0.980. The van der Waals surface area contributed by atoms with Crippen LogP contribution in [0.2, 0.25) is 0 Å². The first kappa shape index (κ1) is 12.1. The van der Waals surface area contributed by atoms with Crippen LogP contribution >= 0.6 is 0 Å². The van der Waals surface area contributed by atoms with E-state index in [1.807, 2.05) is 0 Å². The minimum atomic E-state index is -4.66. The molecule has 0 aromatic heterocycles.